The van der Waals surface area contributed by atoms with Crippen molar-refractivity contribution in [3.05, 3.63) is 88.9 Å². The van der Waals surface area contributed by atoms with Gasteiger partial charge >= 0.3 is 0 Å². The average molecular weight is 422 g/mol. The number of benzene rings is 3. The highest BCUT2D eigenvalue weighted by atomic mass is 35.5. The van der Waals surface area contributed by atoms with E-state index in [0.717, 1.165) is 4.90 Å². The van der Waals surface area contributed by atoms with Gasteiger partial charge in [-0.1, -0.05) is 48.0 Å². The molecule has 3 aromatic carbocycles. The Hall–Kier alpha value is -3.27. The number of carbonyl (C=O) groups is 2. The van der Waals surface area contributed by atoms with Crippen LogP contribution < -0.4 is 10.9 Å². The maximum absolute atomic E-state index is 12.6. The molecule has 0 saturated heterocycles. The van der Waals surface area contributed by atoms with E-state index in [2.05, 4.69) is 16.9 Å². The van der Waals surface area contributed by atoms with Crippen molar-refractivity contribution in [2.24, 2.45) is 0 Å². The van der Waals surface area contributed by atoms with E-state index in [1.54, 1.807) is 60.7 Å². The summed E-state index contributed by atoms with van der Waals surface area (Å²) in [4.78, 5) is 25.6. The van der Waals surface area contributed by atoms with E-state index in [-0.39, 0.29) is 11.7 Å². The summed E-state index contributed by atoms with van der Waals surface area (Å²) in [5, 5.41) is 9.96. The minimum Gasteiger partial charge on any atom is -0.272 e. The summed E-state index contributed by atoms with van der Waals surface area (Å²) < 4.78 is 0. The lowest BCUT2D eigenvalue weighted by molar-refractivity contribution is -0.119. The maximum atomic E-state index is 12.6. The lowest BCUT2D eigenvalue weighted by atomic mass is 9.95. The second kappa shape index (κ2) is 9.78. The van der Waals surface area contributed by atoms with Crippen molar-refractivity contribution in [1.29, 1.82) is 5.26 Å². The molecular weight excluding hydrogens is 406 g/mol. The number of hydrogen-bond acceptors (Lipinski definition) is 4. The van der Waals surface area contributed by atoms with Crippen LogP contribution in [0.25, 0.3) is 11.1 Å². The minimum absolute atomic E-state index is 0.140. The van der Waals surface area contributed by atoms with Gasteiger partial charge in [-0.15, -0.1) is 11.8 Å². The predicted molar refractivity (Wildman–Crippen MR) is 114 cm³/mol. The normalized spacial score (nSPS) is 10.1. The molecule has 0 aliphatic rings. The summed E-state index contributed by atoms with van der Waals surface area (Å²) in [6.07, 6.45) is 0. The van der Waals surface area contributed by atoms with Crippen LogP contribution in [-0.2, 0) is 4.79 Å². The van der Waals surface area contributed by atoms with Crippen LogP contribution in [0.1, 0.15) is 15.9 Å². The first-order valence-electron chi connectivity index (χ1n) is 8.64. The highest BCUT2D eigenvalue weighted by Gasteiger charge is 2.15. The molecule has 0 aliphatic carbocycles. The summed E-state index contributed by atoms with van der Waals surface area (Å²) in [6, 6.07) is 23.3. The summed E-state index contributed by atoms with van der Waals surface area (Å²) in [7, 11) is 0. The van der Waals surface area contributed by atoms with Gasteiger partial charge in [0.25, 0.3) is 5.91 Å². The second-order valence-corrected chi connectivity index (χ2v) is 7.43. The molecule has 7 heteroatoms. The van der Waals surface area contributed by atoms with Gasteiger partial charge in [0.15, 0.2) is 0 Å². The van der Waals surface area contributed by atoms with Gasteiger partial charge in [-0.2, -0.15) is 5.26 Å². The molecule has 0 bridgehead atoms. The molecule has 0 spiro atoms. The molecule has 3 aromatic rings. The molecule has 3 rings (SSSR count). The van der Waals surface area contributed by atoms with E-state index in [4.69, 9.17) is 11.6 Å². The van der Waals surface area contributed by atoms with Crippen LogP contribution in [0.2, 0.25) is 5.02 Å². The fourth-order valence-electron chi connectivity index (χ4n) is 2.64. The molecule has 0 fully saturated rings. The van der Waals surface area contributed by atoms with E-state index in [1.165, 1.54) is 11.8 Å². The molecule has 0 saturated carbocycles. The van der Waals surface area contributed by atoms with Gasteiger partial charge < -0.3 is 0 Å². The van der Waals surface area contributed by atoms with Crippen LogP contribution in [0.4, 0.5) is 0 Å². The number of hydrogen-bond donors (Lipinski definition) is 2. The topological polar surface area (TPSA) is 82.0 Å². The number of amides is 2. The lowest BCUT2D eigenvalue weighted by Gasteiger charge is -2.12. The van der Waals surface area contributed by atoms with Crippen molar-refractivity contribution in [2.75, 3.05) is 5.75 Å². The van der Waals surface area contributed by atoms with Crippen LogP contribution in [0.15, 0.2) is 77.7 Å². The molecule has 0 aliphatic heterocycles. The van der Waals surface area contributed by atoms with E-state index in [0.29, 0.717) is 27.3 Å². The molecule has 0 unspecified atom stereocenters. The number of nitriles is 1. The van der Waals surface area contributed by atoms with Crippen LogP contribution in [0.3, 0.4) is 0 Å². The molecule has 0 heterocycles. The van der Waals surface area contributed by atoms with Gasteiger partial charge in [-0.05, 0) is 42.0 Å². The first kappa shape index (κ1) is 20.5. The van der Waals surface area contributed by atoms with Crippen LogP contribution >= 0.6 is 23.4 Å². The Morgan fingerprint density at radius 3 is 2.28 bits per heavy atom. The van der Waals surface area contributed by atoms with Crippen molar-refractivity contribution in [2.45, 2.75) is 4.90 Å². The summed E-state index contributed by atoms with van der Waals surface area (Å²) in [6.45, 7) is 0. The molecular formula is C22H16ClN3O2S. The molecule has 2 N–H and O–H groups in total. The number of carbonyl (C=O) groups excluding carboxylic acids is 2. The number of thioether (sulfide) groups is 1. The zero-order valence-corrected chi connectivity index (χ0v) is 16.8. The largest absolute Gasteiger partial charge is 0.272 e. The van der Waals surface area contributed by atoms with Crippen molar-refractivity contribution in [3.63, 3.8) is 0 Å². The van der Waals surface area contributed by atoms with Gasteiger partial charge in [0.2, 0.25) is 5.91 Å². The zero-order valence-electron chi connectivity index (χ0n) is 15.2. The molecule has 5 nitrogen and oxygen atoms in total. The average Bonchev–Trinajstić information content (AvgIpc) is 2.77. The Balaban J connectivity index is 1.65. The van der Waals surface area contributed by atoms with Crippen molar-refractivity contribution in [1.82, 2.24) is 10.9 Å². The third-order valence-corrected chi connectivity index (χ3v) is 5.27. The van der Waals surface area contributed by atoms with Gasteiger partial charge in [-0.25, -0.2) is 0 Å². The quantitative estimate of drug-likeness (QED) is 0.471. The van der Waals surface area contributed by atoms with Crippen molar-refractivity contribution >= 4 is 35.2 Å². The number of halogens is 1. The van der Waals surface area contributed by atoms with E-state index < -0.39 is 5.91 Å². The first-order chi connectivity index (χ1) is 14.1. The molecule has 144 valence electrons. The Bertz CT molecular complexity index is 1080. The first-order valence-corrected chi connectivity index (χ1v) is 10.0. The Labute approximate surface area is 177 Å². The second-order valence-electron chi connectivity index (χ2n) is 5.95. The molecule has 0 aromatic heterocycles. The number of rotatable bonds is 5. The fraction of sp³-hybridized carbons (Fsp3) is 0.0455. The molecule has 2 amide bonds. The van der Waals surface area contributed by atoms with Crippen molar-refractivity contribution in [3.8, 4) is 17.2 Å². The number of hydrazine groups is 1. The Morgan fingerprint density at radius 2 is 1.55 bits per heavy atom. The lowest BCUT2D eigenvalue weighted by Crippen LogP contribution is -2.42. The van der Waals surface area contributed by atoms with E-state index in [1.807, 2.05) is 12.1 Å². The van der Waals surface area contributed by atoms with Gasteiger partial charge in [0.1, 0.15) is 0 Å². The van der Waals surface area contributed by atoms with Crippen LogP contribution in [0, 0.1) is 11.3 Å². The number of nitrogens with one attached hydrogen (secondary N) is 2. The van der Waals surface area contributed by atoms with Gasteiger partial charge in [-0.3, -0.25) is 20.4 Å². The summed E-state index contributed by atoms with van der Waals surface area (Å²) >= 11 is 7.17. The van der Waals surface area contributed by atoms with Crippen LogP contribution in [0.5, 0.6) is 0 Å². The smallest absolute Gasteiger partial charge is 0.270 e. The fourth-order valence-corrected chi connectivity index (χ4v) is 3.47. The van der Waals surface area contributed by atoms with Gasteiger partial charge in [0, 0.05) is 21.0 Å². The molecule has 29 heavy (non-hydrogen) atoms. The molecule has 0 radical (unpaired) electrons. The standard InChI is InChI=1S/C22H16ClN3O2S/c23-16-9-11-17(12-10-16)29-14-21(27)25-26-22(28)20-8-4-3-7-19(20)18-6-2-1-5-15(18)13-24/h1-12H,14H2,(H,25,27)(H,26,28). The highest BCUT2D eigenvalue weighted by Crippen LogP contribution is 2.26. The van der Waals surface area contributed by atoms with Gasteiger partial charge in [0.05, 0.1) is 17.4 Å². The highest BCUT2D eigenvalue weighted by molar-refractivity contribution is 8.00. The Kier molecular flexibility index (Phi) is 6.90. The third-order valence-electron chi connectivity index (χ3n) is 4.01. The SMILES string of the molecule is N#Cc1ccccc1-c1ccccc1C(=O)NNC(=O)CSc1ccc(Cl)cc1. The minimum atomic E-state index is -0.460. The third kappa shape index (κ3) is 5.38. The Morgan fingerprint density at radius 1 is 0.897 bits per heavy atom. The van der Waals surface area contributed by atoms with E-state index >= 15 is 0 Å². The number of nitrogens with zero attached hydrogens (tertiary/aromatic N) is 1. The monoisotopic (exact) mass is 421 g/mol. The van der Waals surface area contributed by atoms with E-state index in [9.17, 15) is 14.9 Å². The van der Waals surface area contributed by atoms with Crippen LogP contribution in [-0.4, -0.2) is 17.6 Å². The molecule has 0 atom stereocenters. The van der Waals surface area contributed by atoms with Crippen molar-refractivity contribution < 1.29 is 9.59 Å². The maximum Gasteiger partial charge on any atom is 0.270 e. The summed E-state index contributed by atoms with van der Waals surface area (Å²) in [5.41, 5.74) is 6.96. The zero-order chi connectivity index (χ0) is 20.6. The predicted octanol–water partition coefficient (Wildman–Crippen LogP) is 4.43. The summed E-state index contributed by atoms with van der Waals surface area (Å²) in [5.74, 6) is -0.660.